The van der Waals surface area contributed by atoms with Gasteiger partial charge in [0.2, 0.25) is 0 Å². The van der Waals surface area contributed by atoms with Crippen molar-refractivity contribution in [2.45, 2.75) is 50.5 Å². The Balaban J connectivity index is 0.00000243. The van der Waals surface area contributed by atoms with Crippen LogP contribution in [0.5, 0.6) is 5.75 Å². The molecule has 3 atom stereocenters. The first-order chi connectivity index (χ1) is 12.2. The molecule has 0 bridgehead atoms. The first-order valence-electron chi connectivity index (χ1n) is 9.09. The molecule has 0 saturated carbocycles. The first kappa shape index (κ1) is 21.0. The van der Waals surface area contributed by atoms with Crippen LogP contribution in [0.15, 0.2) is 24.3 Å². The highest BCUT2D eigenvalue weighted by Crippen LogP contribution is 2.25. The fourth-order valence-corrected chi connectivity index (χ4v) is 3.57. The van der Waals surface area contributed by atoms with Crippen LogP contribution in [0.4, 0.5) is 0 Å². The number of hydrogen-bond donors (Lipinski definition) is 1. The Bertz CT molecular complexity index is 580. The third-order valence-electron chi connectivity index (χ3n) is 4.96. The molecule has 1 amide bonds. The quantitative estimate of drug-likeness (QED) is 0.779. The van der Waals surface area contributed by atoms with E-state index in [-0.39, 0.29) is 30.5 Å². The van der Waals surface area contributed by atoms with Gasteiger partial charge in [0.05, 0.1) is 19.3 Å². The Morgan fingerprint density at radius 1 is 1.27 bits per heavy atom. The number of rotatable bonds is 7. The number of para-hydroxylation sites is 1. The van der Waals surface area contributed by atoms with Gasteiger partial charge in [0.25, 0.3) is 5.91 Å². The second-order valence-corrected chi connectivity index (χ2v) is 6.73. The molecule has 2 aliphatic rings. The Kier molecular flexibility index (Phi) is 8.15. The van der Waals surface area contributed by atoms with Crippen molar-refractivity contribution in [2.24, 2.45) is 5.73 Å². The van der Waals surface area contributed by atoms with Crippen molar-refractivity contribution >= 4 is 18.3 Å². The fraction of sp³-hybridized carbons (Fsp3) is 0.632. The summed E-state index contributed by atoms with van der Waals surface area (Å²) in [6.45, 7) is 2.32. The van der Waals surface area contributed by atoms with Gasteiger partial charge >= 0.3 is 0 Å². The molecule has 7 heteroatoms. The number of halogens is 1. The second-order valence-electron chi connectivity index (χ2n) is 6.73. The molecule has 0 aliphatic carbocycles. The molecule has 1 aromatic rings. The molecule has 1 aromatic carbocycles. The highest BCUT2D eigenvalue weighted by molar-refractivity contribution is 5.85. The van der Waals surface area contributed by atoms with Gasteiger partial charge in [-0.15, -0.1) is 12.4 Å². The smallest absolute Gasteiger partial charge is 0.252 e. The lowest BCUT2D eigenvalue weighted by molar-refractivity contribution is -0.145. The standard InChI is InChI=1S/C19H28N2O4.ClH/c1-23-17-7-3-2-5-14(17)12-21(13-16-6-4-10-24-16)19(22)18-9-8-15(11-20)25-18;/h2-3,5,7,15-16,18H,4,6,8-13,20H2,1H3;1H/t15-,16?,18+;/m1./s1. The summed E-state index contributed by atoms with van der Waals surface area (Å²) in [6, 6.07) is 7.80. The van der Waals surface area contributed by atoms with E-state index < -0.39 is 6.10 Å². The average molecular weight is 385 g/mol. The molecule has 26 heavy (non-hydrogen) atoms. The van der Waals surface area contributed by atoms with E-state index in [1.807, 2.05) is 29.2 Å². The monoisotopic (exact) mass is 384 g/mol. The number of nitrogens with zero attached hydrogens (tertiary/aromatic N) is 1. The van der Waals surface area contributed by atoms with Gasteiger partial charge in [0.15, 0.2) is 0 Å². The van der Waals surface area contributed by atoms with Crippen LogP contribution in [-0.2, 0) is 20.8 Å². The summed E-state index contributed by atoms with van der Waals surface area (Å²) in [5.74, 6) is 0.817. The number of ether oxygens (including phenoxy) is 3. The van der Waals surface area contributed by atoms with Crippen molar-refractivity contribution in [2.75, 3.05) is 26.8 Å². The number of carbonyl (C=O) groups excluding carboxylic acids is 1. The van der Waals surface area contributed by atoms with Gasteiger partial charge in [-0.05, 0) is 31.7 Å². The summed E-state index contributed by atoms with van der Waals surface area (Å²) in [5, 5.41) is 0. The van der Waals surface area contributed by atoms with Crippen molar-refractivity contribution in [3.05, 3.63) is 29.8 Å². The lowest BCUT2D eigenvalue weighted by atomic mass is 10.1. The second kappa shape index (κ2) is 10.1. The molecule has 146 valence electrons. The minimum atomic E-state index is -0.398. The zero-order valence-electron chi connectivity index (χ0n) is 15.3. The van der Waals surface area contributed by atoms with Crippen LogP contribution in [0.3, 0.4) is 0 Å². The summed E-state index contributed by atoms with van der Waals surface area (Å²) in [6.07, 6.45) is 3.31. The summed E-state index contributed by atoms with van der Waals surface area (Å²) in [7, 11) is 1.65. The van der Waals surface area contributed by atoms with Crippen LogP contribution >= 0.6 is 12.4 Å². The van der Waals surface area contributed by atoms with Gasteiger partial charge < -0.3 is 24.8 Å². The van der Waals surface area contributed by atoms with E-state index in [4.69, 9.17) is 19.9 Å². The molecule has 0 radical (unpaired) electrons. The van der Waals surface area contributed by atoms with Crippen LogP contribution in [0.1, 0.15) is 31.2 Å². The minimum Gasteiger partial charge on any atom is -0.496 e. The maximum Gasteiger partial charge on any atom is 0.252 e. The van der Waals surface area contributed by atoms with Crippen molar-refractivity contribution in [3.63, 3.8) is 0 Å². The zero-order chi connectivity index (χ0) is 17.6. The van der Waals surface area contributed by atoms with E-state index >= 15 is 0 Å². The Morgan fingerprint density at radius 2 is 2.08 bits per heavy atom. The SMILES string of the molecule is COc1ccccc1CN(CC1CCCO1)C(=O)[C@@H]1CC[C@H](CN)O1.Cl. The Labute approximate surface area is 161 Å². The number of methoxy groups -OCH3 is 1. The largest absolute Gasteiger partial charge is 0.496 e. The van der Waals surface area contributed by atoms with E-state index in [1.54, 1.807) is 7.11 Å². The molecule has 3 rings (SSSR count). The van der Waals surface area contributed by atoms with Gasteiger partial charge in [-0.3, -0.25) is 4.79 Å². The van der Waals surface area contributed by atoms with E-state index in [2.05, 4.69) is 0 Å². The van der Waals surface area contributed by atoms with Crippen molar-refractivity contribution in [1.82, 2.24) is 4.90 Å². The summed E-state index contributed by atoms with van der Waals surface area (Å²) in [4.78, 5) is 14.9. The molecule has 0 spiro atoms. The molecule has 2 heterocycles. The lowest BCUT2D eigenvalue weighted by Crippen LogP contribution is -2.43. The fourth-order valence-electron chi connectivity index (χ4n) is 3.57. The maximum atomic E-state index is 13.1. The minimum absolute atomic E-state index is 0. The van der Waals surface area contributed by atoms with Gasteiger partial charge in [0.1, 0.15) is 11.9 Å². The first-order valence-corrected chi connectivity index (χ1v) is 9.09. The predicted molar refractivity (Wildman–Crippen MR) is 102 cm³/mol. The summed E-state index contributed by atoms with van der Waals surface area (Å²) in [5.41, 5.74) is 6.67. The molecule has 2 fully saturated rings. The summed E-state index contributed by atoms with van der Waals surface area (Å²) < 4.78 is 17.0. The molecule has 2 aliphatic heterocycles. The van der Waals surface area contributed by atoms with Crippen molar-refractivity contribution in [1.29, 1.82) is 0 Å². The molecule has 0 aromatic heterocycles. The Morgan fingerprint density at radius 3 is 2.73 bits per heavy atom. The van der Waals surface area contributed by atoms with Crippen molar-refractivity contribution in [3.8, 4) is 5.75 Å². The molecule has 6 nitrogen and oxygen atoms in total. The molecule has 1 unspecified atom stereocenters. The van der Waals surface area contributed by atoms with E-state index in [1.165, 1.54) is 0 Å². The summed E-state index contributed by atoms with van der Waals surface area (Å²) >= 11 is 0. The van der Waals surface area contributed by atoms with Gasteiger partial charge in [-0.1, -0.05) is 18.2 Å². The van der Waals surface area contributed by atoms with Crippen LogP contribution in [0.2, 0.25) is 0 Å². The maximum absolute atomic E-state index is 13.1. The number of amides is 1. The van der Waals surface area contributed by atoms with Crippen molar-refractivity contribution < 1.29 is 19.0 Å². The number of nitrogens with two attached hydrogens (primary N) is 1. The van der Waals surface area contributed by atoms with Gasteiger partial charge in [-0.2, -0.15) is 0 Å². The highest BCUT2D eigenvalue weighted by Gasteiger charge is 2.34. The van der Waals surface area contributed by atoms with Crippen LogP contribution in [0, 0.1) is 0 Å². The van der Waals surface area contributed by atoms with E-state index in [0.29, 0.717) is 19.6 Å². The number of benzene rings is 1. The van der Waals surface area contributed by atoms with Crippen LogP contribution in [0.25, 0.3) is 0 Å². The third-order valence-corrected chi connectivity index (χ3v) is 4.96. The molecular formula is C19H29ClN2O4. The van der Waals surface area contributed by atoms with E-state index in [9.17, 15) is 4.79 Å². The highest BCUT2D eigenvalue weighted by atomic mass is 35.5. The van der Waals surface area contributed by atoms with E-state index in [0.717, 1.165) is 43.6 Å². The van der Waals surface area contributed by atoms with Gasteiger partial charge in [0, 0.05) is 31.8 Å². The molecular weight excluding hydrogens is 356 g/mol. The predicted octanol–water partition coefficient (Wildman–Crippen LogP) is 2.13. The normalized spacial score (nSPS) is 24.9. The van der Waals surface area contributed by atoms with Crippen LogP contribution < -0.4 is 10.5 Å². The Hall–Kier alpha value is -1.34. The van der Waals surface area contributed by atoms with Gasteiger partial charge in [-0.25, -0.2) is 0 Å². The number of carbonyl (C=O) groups is 1. The lowest BCUT2D eigenvalue weighted by Gasteiger charge is -2.28. The third kappa shape index (κ3) is 5.10. The van der Waals surface area contributed by atoms with Crippen LogP contribution in [-0.4, -0.2) is 55.9 Å². The zero-order valence-corrected chi connectivity index (χ0v) is 16.1. The molecule has 2 saturated heterocycles. The topological polar surface area (TPSA) is 74.0 Å². The average Bonchev–Trinajstić information content (AvgIpc) is 3.32. The molecule has 2 N–H and O–H groups in total. The number of hydrogen-bond acceptors (Lipinski definition) is 5.